The average Bonchev–Trinajstić information content (AvgIpc) is 3.28. The SMILES string of the molecule is C=CC(=O)Nc1ccc(-c2c(-c3ccc(Oc4nccc(C(F)F)n4)cc3)c3c(N)ncc(C#N)c3n2C)cc1. The van der Waals surface area contributed by atoms with Crippen molar-refractivity contribution in [2.75, 3.05) is 11.1 Å². The van der Waals surface area contributed by atoms with Gasteiger partial charge < -0.3 is 20.4 Å². The number of fused-ring (bicyclic) bond motifs is 1. The number of carbonyl (C=O) groups excluding carboxylic acids is 1. The second kappa shape index (κ2) is 10.6. The third kappa shape index (κ3) is 4.81. The number of aryl methyl sites for hydroxylation is 1. The summed E-state index contributed by atoms with van der Waals surface area (Å²) in [5.74, 6) is 0.255. The van der Waals surface area contributed by atoms with Gasteiger partial charge in [0.15, 0.2) is 0 Å². The molecule has 9 nitrogen and oxygen atoms in total. The smallest absolute Gasteiger partial charge is 0.322 e. The molecule has 0 fully saturated rings. The Labute approximate surface area is 227 Å². The van der Waals surface area contributed by atoms with Crippen molar-refractivity contribution in [1.82, 2.24) is 19.5 Å². The van der Waals surface area contributed by atoms with Gasteiger partial charge in [0.25, 0.3) is 6.43 Å². The number of hydrogen-bond acceptors (Lipinski definition) is 7. The summed E-state index contributed by atoms with van der Waals surface area (Å²) in [6, 6.07) is 17.2. The number of benzene rings is 2. The molecule has 0 atom stereocenters. The van der Waals surface area contributed by atoms with Crippen LogP contribution in [0, 0.1) is 11.3 Å². The minimum atomic E-state index is -2.75. The highest BCUT2D eigenvalue weighted by atomic mass is 19.3. The molecule has 0 unspecified atom stereocenters. The van der Waals surface area contributed by atoms with E-state index in [4.69, 9.17) is 10.5 Å². The van der Waals surface area contributed by atoms with Gasteiger partial charge in [-0.2, -0.15) is 10.2 Å². The number of nitriles is 1. The van der Waals surface area contributed by atoms with E-state index in [1.807, 2.05) is 23.7 Å². The van der Waals surface area contributed by atoms with E-state index < -0.39 is 12.1 Å². The molecular weight excluding hydrogens is 516 g/mol. The molecule has 0 spiro atoms. The molecule has 3 N–H and O–H groups in total. The Morgan fingerprint density at radius 1 is 1.12 bits per heavy atom. The van der Waals surface area contributed by atoms with Crippen LogP contribution in [0.15, 0.2) is 79.6 Å². The Morgan fingerprint density at radius 2 is 1.82 bits per heavy atom. The summed E-state index contributed by atoms with van der Waals surface area (Å²) in [6.45, 7) is 3.46. The van der Waals surface area contributed by atoms with Gasteiger partial charge in [-0.25, -0.2) is 18.7 Å². The van der Waals surface area contributed by atoms with Crippen molar-refractivity contribution in [3.8, 4) is 40.2 Å². The van der Waals surface area contributed by atoms with Gasteiger partial charge in [0, 0.05) is 30.7 Å². The van der Waals surface area contributed by atoms with E-state index in [1.165, 1.54) is 18.5 Å². The second-order valence-electron chi connectivity index (χ2n) is 8.64. The lowest BCUT2D eigenvalue weighted by atomic mass is 9.98. The molecular formula is C29H21F2N7O2. The third-order valence-corrected chi connectivity index (χ3v) is 6.20. The van der Waals surface area contributed by atoms with Crippen LogP contribution in [0.3, 0.4) is 0 Å². The molecule has 0 bridgehead atoms. The molecule has 3 heterocycles. The topological polar surface area (TPSA) is 132 Å². The maximum absolute atomic E-state index is 13.0. The van der Waals surface area contributed by atoms with Crippen molar-refractivity contribution in [2.45, 2.75) is 6.43 Å². The van der Waals surface area contributed by atoms with E-state index in [9.17, 15) is 18.8 Å². The number of halogens is 2. The summed E-state index contributed by atoms with van der Waals surface area (Å²) in [6.07, 6.45) is 1.08. The maximum atomic E-state index is 13.0. The minimum Gasteiger partial charge on any atom is -0.424 e. The zero-order valence-corrected chi connectivity index (χ0v) is 21.1. The number of nitrogens with one attached hydrogen (secondary N) is 1. The van der Waals surface area contributed by atoms with Crippen molar-refractivity contribution in [2.24, 2.45) is 7.05 Å². The van der Waals surface area contributed by atoms with Crippen molar-refractivity contribution in [3.05, 3.63) is 90.9 Å². The van der Waals surface area contributed by atoms with E-state index in [2.05, 4.69) is 32.9 Å². The molecule has 0 saturated heterocycles. The van der Waals surface area contributed by atoms with Crippen LogP contribution in [0.25, 0.3) is 33.3 Å². The van der Waals surface area contributed by atoms with Crippen molar-refractivity contribution in [3.63, 3.8) is 0 Å². The number of alkyl halides is 2. The third-order valence-electron chi connectivity index (χ3n) is 6.20. The van der Waals surface area contributed by atoms with Gasteiger partial charge in [0.05, 0.1) is 22.2 Å². The van der Waals surface area contributed by atoms with Gasteiger partial charge in [-0.15, -0.1) is 0 Å². The van der Waals surface area contributed by atoms with Crippen LogP contribution in [-0.2, 0) is 11.8 Å². The number of ether oxygens (including phenoxy) is 1. The monoisotopic (exact) mass is 537 g/mol. The number of nitrogen functional groups attached to an aromatic ring is 1. The number of anilines is 2. The van der Waals surface area contributed by atoms with Crippen LogP contribution in [-0.4, -0.2) is 25.4 Å². The zero-order valence-electron chi connectivity index (χ0n) is 21.1. The number of rotatable bonds is 7. The van der Waals surface area contributed by atoms with Crippen LogP contribution in [0.2, 0.25) is 0 Å². The summed E-state index contributed by atoms with van der Waals surface area (Å²) in [5.41, 5.74) is 10.5. The molecule has 0 aliphatic rings. The maximum Gasteiger partial charge on any atom is 0.322 e. The Kier molecular flexibility index (Phi) is 6.90. The number of aromatic nitrogens is 4. The van der Waals surface area contributed by atoms with Crippen molar-refractivity contribution < 1.29 is 18.3 Å². The average molecular weight is 538 g/mol. The number of amides is 1. The molecule has 198 valence electrons. The predicted octanol–water partition coefficient (Wildman–Crippen LogP) is 6.01. The summed E-state index contributed by atoms with van der Waals surface area (Å²) >= 11 is 0. The molecule has 11 heteroatoms. The standard InChI is InChI=1S/C29H21F2N7O2/c1-3-22(39)36-19-8-4-17(5-9-19)25-23(24-26(38(25)2)18(14-32)15-35-28(24)33)16-6-10-20(11-7-16)40-29-34-13-12-21(37-29)27(30)31/h3-13,15,27H,1H2,2H3,(H2,33,35)(H,36,39). The Hall–Kier alpha value is -5.63. The van der Waals surface area contributed by atoms with E-state index in [0.29, 0.717) is 27.9 Å². The van der Waals surface area contributed by atoms with E-state index >= 15 is 0 Å². The van der Waals surface area contributed by atoms with Gasteiger partial charge >= 0.3 is 6.01 Å². The molecule has 0 aliphatic heterocycles. The van der Waals surface area contributed by atoms with Gasteiger partial charge in [0.1, 0.15) is 23.3 Å². The van der Waals surface area contributed by atoms with Crippen molar-refractivity contribution >= 4 is 28.3 Å². The molecule has 1 amide bonds. The summed E-state index contributed by atoms with van der Waals surface area (Å²) in [7, 11) is 1.83. The first-order valence-corrected chi connectivity index (χ1v) is 11.9. The molecule has 2 aromatic carbocycles. The molecule has 40 heavy (non-hydrogen) atoms. The number of pyridine rings is 1. The van der Waals surface area contributed by atoms with Gasteiger partial charge in [-0.1, -0.05) is 30.8 Å². The Bertz CT molecular complexity index is 1790. The number of hydrogen-bond donors (Lipinski definition) is 2. The Morgan fingerprint density at radius 3 is 2.48 bits per heavy atom. The first kappa shape index (κ1) is 26.0. The fraction of sp³-hybridized carbons (Fsp3) is 0.0690. The van der Waals surface area contributed by atoms with Gasteiger partial charge in [0.2, 0.25) is 5.91 Å². The lowest BCUT2D eigenvalue weighted by molar-refractivity contribution is -0.111. The fourth-order valence-corrected chi connectivity index (χ4v) is 4.43. The van der Waals surface area contributed by atoms with E-state index in [-0.39, 0.29) is 17.7 Å². The second-order valence-corrected chi connectivity index (χ2v) is 8.64. The molecule has 5 aromatic rings. The highest BCUT2D eigenvalue weighted by molar-refractivity contribution is 6.10. The summed E-state index contributed by atoms with van der Waals surface area (Å²) < 4.78 is 33.5. The molecule has 0 saturated carbocycles. The van der Waals surface area contributed by atoms with E-state index in [1.54, 1.807) is 36.4 Å². The highest BCUT2D eigenvalue weighted by Crippen LogP contribution is 2.43. The van der Waals surface area contributed by atoms with E-state index in [0.717, 1.165) is 28.5 Å². The quantitative estimate of drug-likeness (QED) is 0.243. The number of nitrogens with zero attached hydrogens (tertiary/aromatic N) is 5. The lowest BCUT2D eigenvalue weighted by Crippen LogP contribution is -2.06. The fourth-order valence-electron chi connectivity index (χ4n) is 4.43. The van der Waals surface area contributed by atoms with Gasteiger partial charge in [-0.3, -0.25) is 4.79 Å². The summed E-state index contributed by atoms with van der Waals surface area (Å²) in [4.78, 5) is 23.6. The van der Waals surface area contributed by atoms with Crippen LogP contribution < -0.4 is 15.8 Å². The molecule has 3 aromatic heterocycles. The first-order chi connectivity index (χ1) is 19.3. The van der Waals surface area contributed by atoms with Crippen LogP contribution in [0.4, 0.5) is 20.3 Å². The van der Waals surface area contributed by atoms with Crippen LogP contribution in [0.1, 0.15) is 17.7 Å². The normalized spacial score (nSPS) is 10.9. The van der Waals surface area contributed by atoms with Crippen LogP contribution in [0.5, 0.6) is 11.8 Å². The van der Waals surface area contributed by atoms with Gasteiger partial charge in [-0.05, 0) is 47.5 Å². The predicted molar refractivity (Wildman–Crippen MR) is 147 cm³/mol. The highest BCUT2D eigenvalue weighted by Gasteiger charge is 2.23. The minimum absolute atomic E-state index is 0.202. The van der Waals surface area contributed by atoms with Crippen molar-refractivity contribution in [1.29, 1.82) is 5.26 Å². The zero-order chi connectivity index (χ0) is 28.4. The molecule has 5 rings (SSSR count). The number of nitrogens with two attached hydrogens (primary N) is 1. The van der Waals surface area contributed by atoms with Crippen LogP contribution >= 0.6 is 0 Å². The molecule has 0 radical (unpaired) electrons. The summed E-state index contributed by atoms with van der Waals surface area (Å²) in [5, 5.41) is 13.1. The number of carbonyl (C=O) groups is 1. The first-order valence-electron chi connectivity index (χ1n) is 11.9. The Balaban J connectivity index is 1.62. The largest absolute Gasteiger partial charge is 0.424 e. The molecule has 0 aliphatic carbocycles. The lowest BCUT2D eigenvalue weighted by Gasteiger charge is -2.11.